The number of hydrogen-bond acceptors (Lipinski definition) is 0. The number of alkyl halides is 1. The largest absolute Gasteiger partial charge is 0.122 e. The van der Waals surface area contributed by atoms with E-state index in [0.29, 0.717) is 5.88 Å². The molecular weight excluding hydrogens is 108 g/mol. The highest BCUT2D eigenvalue weighted by atomic mass is 35.5. The minimum absolute atomic E-state index is 0.674. The lowest BCUT2D eigenvalue weighted by Crippen LogP contribution is -1.72. The van der Waals surface area contributed by atoms with E-state index in [1.165, 1.54) is 5.57 Å². The molecule has 0 aliphatic carbocycles. The molecule has 0 heterocycles. The van der Waals surface area contributed by atoms with Crippen LogP contribution in [0.15, 0.2) is 11.6 Å². The standard InChI is InChI=1S/C6H11Cl/c1-3-4-6(2)5-7/h4H,3,5H2,1-2H3/b6-4-. The first-order chi connectivity index (χ1) is 3.31. The third-order valence-corrected chi connectivity index (χ3v) is 1.18. The molecule has 0 aliphatic heterocycles. The van der Waals surface area contributed by atoms with Crippen LogP contribution in [0.25, 0.3) is 0 Å². The van der Waals surface area contributed by atoms with Gasteiger partial charge in [-0.1, -0.05) is 18.6 Å². The molecule has 0 nitrogen and oxygen atoms in total. The lowest BCUT2D eigenvalue weighted by Gasteiger charge is -1.86. The van der Waals surface area contributed by atoms with E-state index in [1.54, 1.807) is 0 Å². The summed E-state index contributed by atoms with van der Waals surface area (Å²) in [6, 6.07) is 0. The summed E-state index contributed by atoms with van der Waals surface area (Å²) in [4.78, 5) is 0. The average Bonchev–Trinajstić information content (AvgIpc) is 1.68. The fourth-order valence-electron chi connectivity index (χ4n) is 0.403. The van der Waals surface area contributed by atoms with Crippen molar-refractivity contribution in [1.29, 1.82) is 0 Å². The lowest BCUT2D eigenvalue weighted by molar-refractivity contribution is 1.18. The van der Waals surface area contributed by atoms with Gasteiger partial charge < -0.3 is 0 Å². The topological polar surface area (TPSA) is 0 Å². The van der Waals surface area contributed by atoms with Crippen molar-refractivity contribution in [3.05, 3.63) is 11.6 Å². The predicted molar refractivity (Wildman–Crippen MR) is 34.8 cm³/mol. The summed E-state index contributed by atoms with van der Waals surface area (Å²) in [5.74, 6) is 0.674. The Morgan fingerprint density at radius 2 is 2.29 bits per heavy atom. The summed E-state index contributed by atoms with van der Waals surface area (Å²) in [5, 5.41) is 0. The Balaban J connectivity index is 3.29. The smallest absolute Gasteiger partial charge is 0.0430 e. The zero-order valence-electron chi connectivity index (χ0n) is 4.87. The molecule has 0 aromatic heterocycles. The van der Waals surface area contributed by atoms with E-state index < -0.39 is 0 Å². The SMILES string of the molecule is CC/C=C(/C)CCl. The van der Waals surface area contributed by atoms with E-state index in [9.17, 15) is 0 Å². The molecule has 42 valence electrons. The number of hydrogen-bond donors (Lipinski definition) is 0. The van der Waals surface area contributed by atoms with Crippen LogP contribution in [-0.2, 0) is 0 Å². The number of rotatable bonds is 2. The average molecular weight is 119 g/mol. The molecule has 0 spiro atoms. The molecule has 0 atom stereocenters. The third-order valence-electron chi connectivity index (χ3n) is 0.763. The van der Waals surface area contributed by atoms with Crippen LogP contribution >= 0.6 is 11.6 Å². The molecule has 0 saturated heterocycles. The maximum atomic E-state index is 5.46. The van der Waals surface area contributed by atoms with Gasteiger partial charge in [-0.15, -0.1) is 11.6 Å². The molecule has 0 N–H and O–H groups in total. The van der Waals surface area contributed by atoms with Crippen LogP contribution in [0.4, 0.5) is 0 Å². The van der Waals surface area contributed by atoms with Gasteiger partial charge in [0.2, 0.25) is 0 Å². The normalized spacial score (nSPS) is 12.1. The summed E-state index contributed by atoms with van der Waals surface area (Å²) in [6.07, 6.45) is 3.23. The van der Waals surface area contributed by atoms with Crippen molar-refractivity contribution < 1.29 is 0 Å². The van der Waals surface area contributed by atoms with Crippen molar-refractivity contribution in [3.8, 4) is 0 Å². The highest BCUT2D eigenvalue weighted by Crippen LogP contribution is 1.95. The molecule has 0 aliphatic rings. The Morgan fingerprint density at radius 1 is 1.71 bits per heavy atom. The maximum absolute atomic E-state index is 5.46. The molecule has 0 rings (SSSR count). The van der Waals surface area contributed by atoms with E-state index in [4.69, 9.17) is 11.6 Å². The molecule has 1 heteroatoms. The Kier molecular flexibility index (Phi) is 4.21. The Morgan fingerprint density at radius 3 is 2.43 bits per heavy atom. The second-order valence-corrected chi connectivity index (χ2v) is 1.86. The third kappa shape index (κ3) is 3.87. The number of halogens is 1. The molecule has 0 amide bonds. The maximum Gasteiger partial charge on any atom is 0.0430 e. The van der Waals surface area contributed by atoms with E-state index in [2.05, 4.69) is 13.0 Å². The van der Waals surface area contributed by atoms with Gasteiger partial charge in [-0.2, -0.15) is 0 Å². The second-order valence-electron chi connectivity index (χ2n) is 1.59. The van der Waals surface area contributed by atoms with Gasteiger partial charge in [0.1, 0.15) is 0 Å². The fourth-order valence-corrected chi connectivity index (χ4v) is 0.512. The number of allylic oxidation sites excluding steroid dienone is 2. The van der Waals surface area contributed by atoms with Crippen molar-refractivity contribution in [2.75, 3.05) is 5.88 Å². The molecule has 0 aromatic rings. The zero-order chi connectivity index (χ0) is 5.70. The van der Waals surface area contributed by atoms with Gasteiger partial charge in [0.05, 0.1) is 0 Å². The first-order valence-corrected chi connectivity index (χ1v) is 3.06. The summed E-state index contributed by atoms with van der Waals surface area (Å²) in [7, 11) is 0. The molecule has 0 aromatic carbocycles. The highest BCUT2D eigenvalue weighted by molar-refractivity contribution is 6.19. The predicted octanol–water partition coefficient (Wildman–Crippen LogP) is 2.58. The minimum atomic E-state index is 0.674. The Labute approximate surface area is 50.2 Å². The van der Waals surface area contributed by atoms with Crippen LogP contribution in [-0.4, -0.2) is 5.88 Å². The van der Waals surface area contributed by atoms with E-state index in [-0.39, 0.29) is 0 Å². The molecule has 7 heavy (non-hydrogen) atoms. The van der Waals surface area contributed by atoms with Gasteiger partial charge >= 0.3 is 0 Å². The van der Waals surface area contributed by atoms with Crippen molar-refractivity contribution in [2.45, 2.75) is 20.3 Å². The van der Waals surface area contributed by atoms with E-state index in [0.717, 1.165) is 6.42 Å². The van der Waals surface area contributed by atoms with E-state index >= 15 is 0 Å². The van der Waals surface area contributed by atoms with Gasteiger partial charge in [-0.25, -0.2) is 0 Å². The Hall–Kier alpha value is 0.0300. The van der Waals surface area contributed by atoms with Crippen LogP contribution in [0, 0.1) is 0 Å². The van der Waals surface area contributed by atoms with Crippen LogP contribution in [0.1, 0.15) is 20.3 Å². The molecule has 0 unspecified atom stereocenters. The van der Waals surface area contributed by atoms with Crippen LogP contribution in [0.5, 0.6) is 0 Å². The second kappa shape index (κ2) is 4.20. The summed E-state index contributed by atoms with van der Waals surface area (Å²) in [6.45, 7) is 4.15. The molecule has 0 saturated carbocycles. The van der Waals surface area contributed by atoms with Gasteiger partial charge in [0.15, 0.2) is 0 Å². The molecule has 0 bridgehead atoms. The molecular formula is C6H11Cl. The monoisotopic (exact) mass is 118 g/mol. The van der Waals surface area contributed by atoms with E-state index in [1.807, 2.05) is 6.92 Å². The fraction of sp³-hybridized carbons (Fsp3) is 0.667. The van der Waals surface area contributed by atoms with Crippen LogP contribution < -0.4 is 0 Å². The first kappa shape index (κ1) is 7.03. The summed E-state index contributed by atoms with van der Waals surface area (Å²) < 4.78 is 0. The van der Waals surface area contributed by atoms with Crippen molar-refractivity contribution >= 4 is 11.6 Å². The van der Waals surface area contributed by atoms with Gasteiger partial charge in [0, 0.05) is 5.88 Å². The van der Waals surface area contributed by atoms with Gasteiger partial charge in [-0.05, 0) is 13.3 Å². The first-order valence-electron chi connectivity index (χ1n) is 2.52. The van der Waals surface area contributed by atoms with Crippen LogP contribution in [0.3, 0.4) is 0 Å². The summed E-state index contributed by atoms with van der Waals surface area (Å²) in [5.41, 5.74) is 1.27. The lowest BCUT2D eigenvalue weighted by atomic mass is 10.3. The van der Waals surface area contributed by atoms with Gasteiger partial charge in [0.25, 0.3) is 0 Å². The van der Waals surface area contributed by atoms with Crippen LogP contribution in [0.2, 0.25) is 0 Å². The van der Waals surface area contributed by atoms with Crippen molar-refractivity contribution in [1.82, 2.24) is 0 Å². The van der Waals surface area contributed by atoms with Crippen molar-refractivity contribution in [3.63, 3.8) is 0 Å². The quantitative estimate of drug-likeness (QED) is 0.386. The van der Waals surface area contributed by atoms with Crippen molar-refractivity contribution in [2.24, 2.45) is 0 Å². The molecule has 0 fully saturated rings. The highest BCUT2D eigenvalue weighted by Gasteiger charge is 1.78. The minimum Gasteiger partial charge on any atom is -0.122 e. The summed E-state index contributed by atoms with van der Waals surface area (Å²) >= 11 is 5.46. The molecule has 0 radical (unpaired) electrons. The Bertz CT molecular complexity index is 64.6. The van der Waals surface area contributed by atoms with Gasteiger partial charge in [-0.3, -0.25) is 0 Å². The zero-order valence-corrected chi connectivity index (χ0v) is 5.63.